The maximum Gasteiger partial charge on any atom is 0.336 e. The molecule has 0 radical (unpaired) electrons. The molecule has 6 nitrogen and oxygen atoms in total. The Labute approximate surface area is 129 Å². The molecular weight excluding hydrogens is 304 g/mol. The highest BCUT2D eigenvalue weighted by molar-refractivity contribution is 7.77. The van der Waals surface area contributed by atoms with Crippen molar-refractivity contribution < 1.29 is 18.7 Å². The number of para-hydroxylation sites is 1. The number of hydrogen-bond acceptors (Lipinski definition) is 4. The van der Waals surface area contributed by atoms with E-state index in [9.17, 15) is 18.7 Å². The lowest BCUT2D eigenvalue weighted by Gasteiger charge is -2.37. The topological polar surface area (TPSA) is 92.7 Å². The molecule has 1 heterocycles. The lowest BCUT2D eigenvalue weighted by atomic mass is 9.87. The van der Waals surface area contributed by atoms with E-state index >= 15 is 0 Å². The van der Waals surface area contributed by atoms with Crippen LogP contribution in [0.5, 0.6) is 0 Å². The molecule has 1 aliphatic heterocycles. The van der Waals surface area contributed by atoms with Crippen LogP contribution >= 0.6 is 0 Å². The van der Waals surface area contributed by atoms with Gasteiger partial charge in [-0.15, -0.1) is 0 Å². The second-order valence-electron chi connectivity index (χ2n) is 5.00. The third kappa shape index (κ3) is 2.19. The van der Waals surface area contributed by atoms with Crippen LogP contribution in [0.1, 0.15) is 11.1 Å². The molecule has 2 N–H and O–H groups in total. The molecule has 1 aliphatic rings. The highest BCUT2D eigenvalue weighted by Gasteiger charge is 2.52. The van der Waals surface area contributed by atoms with Crippen LogP contribution in [0, 0.1) is 0 Å². The van der Waals surface area contributed by atoms with Crippen LogP contribution in [0.4, 0.5) is 5.69 Å². The smallest absolute Gasteiger partial charge is 0.336 e. The number of benzene rings is 2. The molecule has 2 atom stereocenters. The molecule has 0 aromatic heterocycles. The van der Waals surface area contributed by atoms with Crippen LogP contribution in [-0.4, -0.2) is 19.8 Å². The number of anilines is 1. The molecule has 0 fully saturated rings. The fraction of sp³-hybridized carbons (Fsp3) is 0.133. The van der Waals surface area contributed by atoms with Crippen molar-refractivity contribution in [3.05, 3.63) is 65.7 Å². The number of rotatable bonds is 4. The van der Waals surface area contributed by atoms with Gasteiger partial charge in [0.15, 0.2) is 5.54 Å². The van der Waals surface area contributed by atoms with Gasteiger partial charge >= 0.3 is 5.97 Å². The zero-order valence-electron chi connectivity index (χ0n) is 11.4. The summed E-state index contributed by atoms with van der Waals surface area (Å²) in [6, 6.07) is 15.6. The molecule has 0 aliphatic carbocycles. The maximum atomic E-state index is 12.1. The van der Waals surface area contributed by atoms with Gasteiger partial charge < -0.3 is 9.66 Å². The van der Waals surface area contributed by atoms with E-state index < -0.39 is 22.8 Å². The summed E-state index contributed by atoms with van der Waals surface area (Å²) < 4.78 is 22.3. The Morgan fingerprint density at radius 3 is 2.45 bits per heavy atom. The Morgan fingerprint density at radius 1 is 1.18 bits per heavy atom. The quantitative estimate of drug-likeness (QED) is 0.830. The summed E-state index contributed by atoms with van der Waals surface area (Å²) in [7, 11) is 0. The van der Waals surface area contributed by atoms with Gasteiger partial charge in [-0.1, -0.05) is 48.5 Å². The predicted octanol–water partition coefficient (Wildman–Crippen LogP) is 1.33. The van der Waals surface area contributed by atoms with E-state index in [1.807, 2.05) is 0 Å². The van der Waals surface area contributed by atoms with E-state index in [0.29, 0.717) is 11.3 Å². The van der Waals surface area contributed by atoms with Gasteiger partial charge in [0.05, 0.1) is 5.69 Å². The molecule has 0 bridgehead atoms. The number of fused-ring (bicyclic) bond motifs is 1. The van der Waals surface area contributed by atoms with E-state index in [0.717, 1.165) is 5.56 Å². The summed E-state index contributed by atoms with van der Waals surface area (Å²) >= 11 is -2.64. The van der Waals surface area contributed by atoms with E-state index in [2.05, 4.69) is 4.83 Å². The number of aliphatic carboxylic acids is 1. The van der Waals surface area contributed by atoms with Crippen LogP contribution in [0.2, 0.25) is 0 Å². The van der Waals surface area contributed by atoms with Crippen molar-refractivity contribution in [3.8, 4) is 0 Å². The summed E-state index contributed by atoms with van der Waals surface area (Å²) in [5.41, 5.74) is 0.312. The van der Waals surface area contributed by atoms with Crippen molar-refractivity contribution in [1.29, 1.82) is 0 Å². The lowest BCUT2D eigenvalue weighted by molar-refractivity contribution is -0.143. The molecular formula is C15H13N2O4S-. The van der Waals surface area contributed by atoms with E-state index in [4.69, 9.17) is 0 Å². The van der Waals surface area contributed by atoms with E-state index in [1.54, 1.807) is 54.6 Å². The first-order valence-electron chi connectivity index (χ1n) is 6.58. The van der Waals surface area contributed by atoms with Crippen molar-refractivity contribution in [2.24, 2.45) is 0 Å². The fourth-order valence-corrected chi connectivity index (χ4v) is 3.28. The standard InChI is InChI=1S/C15H14N2O4S/c18-14(19)15(12-7-2-1-3-8-12)10-11-6-4-5-9-13(11)17(15)16-22(20)21/h1-9,16H,10H2,(H,18,19)(H,20,21)/p-1. The molecule has 3 rings (SSSR count). The van der Waals surface area contributed by atoms with Gasteiger partial charge in [0.25, 0.3) is 0 Å². The highest BCUT2D eigenvalue weighted by Crippen LogP contribution is 2.44. The van der Waals surface area contributed by atoms with Crippen molar-refractivity contribution in [2.45, 2.75) is 12.0 Å². The van der Waals surface area contributed by atoms with Gasteiger partial charge in [0.1, 0.15) is 0 Å². The van der Waals surface area contributed by atoms with Crippen molar-refractivity contribution >= 4 is 22.9 Å². The molecule has 0 spiro atoms. The molecule has 2 aromatic rings. The first kappa shape index (κ1) is 14.7. The number of nitrogens with one attached hydrogen (secondary N) is 1. The minimum atomic E-state index is -2.64. The zero-order valence-corrected chi connectivity index (χ0v) is 12.2. The Balaban J connectivity index is 2.21. The normalized spacial score (nSPS) is 21.4. The highest BCUT2D eigenvalue weighted by atomic mass is 32.2. The maximum absolute atomic E-state index is 12.1. The number of hydrazine groups is 1. The summed E-state index contributed by atoms with van der Waals surface area (Å²) in [6.07, 6.45) is 0.173. The van der Waals surface area contributed by atoms with Gasteiger partial charge in [-0.25, -0.2) is 4.79 Å². The number of hydrogen-bond donors (Lipinski definition) is 2. The number of carboxylic acids is 1. The largest absolute Gasteiger partial charge is 0.759 e. The minimum absolute atomic E-state index is 0.173. The van der Waals surface area contributed by atoms with Gasteiger partial charge in [-0.3, -0.25) is 9.22 Å². The summed E-state index contributed by atoms with van der Waals surface area (Å²) in [4.78, 5) is 14.3. The second-order valence-corrected chi connectivity index (χ2v) is 5.65. The fourth-order valence-electron chi connectivity index (χ4n) is 2.88. The average Bonchev–Trinajstić information content (AvgIpc) is 2.83. The summed E-state index contributed by atoms with van der Waals surface area (Å²) in [5.74, 6) is -1.12. The number of carbonyl (C=O) groups is 1. The SMILES string of the molecule is O=C(O)C1(c2ccccc2)Cc2ccccc2N1NS(=O)[O-]. The third-order valence-electron chi connectivity index (χ3n) is 3.83. The Kier molecular flexibility index (Phi) is 3.69. The van der Waals surface area contributed by atoms with Gasteiger partial charge in [-0.2, -0.15) is 4.83 Å². The monoisotopic (exact) mass is 317 g/mol. The predicted molar refractivity (Wildman–Crippen MR) is 80.4 cm³/mol. The van der Waals surface area contributed by atoms with E-state index in [1.165, 1.54) is 5.01 Å². The summed E-state index contributed by atoms with van der Waals surface area (Å²) in [5, 5.41) is 11.1. The van der Waals surface area contributed by atoms with Crippen LogP contribution in [-0.2, 0) is 28.0 Å². The van der Waals surface area contributed by atoms with Gasteiger partial charge in [-0.05, 0) is 17.2 Å². The Hall–Kier alpha value is -2.22. The molecule has 0 saturated carbocycles. The van der Waals surface area contributed by atoms with Gasteiger partial charge in [0.2, 0.25) is 0 Å². The molecule has 2 aromatic carbocycles. The van der Waals surface area contributed by atoms with Crippen LogP contribution in [0.15, 0.2) is 54.6 Å². The zero-order chi connectivity index (χ0) is 15.7. The first-order chi connectivity index (χ1) is 10.6. The minimum Gasteiger partial charge on any atom is -0.759 e. The number of carboxylic acid groups (broad SMARTS) is 1. The number of nitrogens with zero attached hydrogens (tertiary/aromatic N) is 1. The van der Waals surface area contributed by atoms with Crippen LogP contribution < -0.4 is 9.84 Å². The molecule has 0 amide bonds. The molecule has 114 valence electrons. The first-order valence-corrected chi connectivity index (χ1v) is 7.66. The lowest BCUT2D eigenvalue weighted by Crippen LogP contribution is -2.57. The second kappa shape index (κ2) is 5.53. The van der Waals surface area contributed by atoms with Crippen LogP contribution in [0.3, 0.4) is 0 Å². The van der Waals surface area contributed by atoms with Gasteiger partial charge in [0, 0.05) is 17.7 Å². The molecule has 2 unspecified atom stereocenters. The summed E-state index contributed by atoms with van der Waals surface area (Å²) in [6.45, 7) is 0. The third-order valence-corrected chi connectivity index (χ3v) is 4.16. The molecule has 7 heteroatoms. The van der Waals surface area contributed by atoms with Crippen molar-refractivity contribution in [2.75, 3.05) is 5.01 Å². The Bertz CT molecular complexity index is 737. The van der Waals surface area contributed by atoms with E-state index in [-0.39, 0.29) is 6.42 Å². The van der Waals surface area contributed by atoms with Crippen molar-refractivity contribution in [3.63, 3.8) is 0 Å². The molecule has 22 heavy (non-hydrogen) atoms. The van der Waals surface area contributed by atoms with Crippen molar-refractivity contribution in [1.82, 2.24) is 4.83 Å². The van der Waals surface area contributed by atoms with Crippen LogP contribution in [0.25, 0.3) is 0 Å². The molecule has 0 saturated heterocycles. The average molecular weight is 317 g/mol. The Morgan fingerprint density at radius 2 is 1.82 bits per heavy atom.